The molecule has 0 saturated carbocycles. The van der Waals surface area contributed by atoms with Crippen LogP contribution in [0.25, 0.3) is 0 Å². The zero-order chi connectivity index (χ0) is 17.2. The van der Waals surface area contributed by atoms with Crippen LogP contribution in [0.3, 0.4) is 0 Å². The van der Waals surface area contributed by atoms with Gasteiger partial charge in [0, 0.05) is 24.6 Å². The molecule has 1 amide bonds. The SMILES string of the molecule is CCCCNC(N)=NCc1cccc(NC(=O)Cn2cccn2)c1.I. The second kappa shape index (κ2) is 11.5. The number of benzene rings is 1. The lowest BCUT2D eigenvalue weighted by Crippen LogP contribution is -2.32. The van der Waals surface area contributed by atoms with E-state index in [0.717, 1.165) is 30.6 Å². The maximum Gasteiger partial charge on any atom is 0.246 e. The quantitative estimate of drug-likeness (QED) is 0.246. The Hall–Kier alpha value is -2.10. The lowest BCUT2D eigenvalue weighted by atomic mass is 10.2. The minimum Gasteiger partial charge on any atom is -0.370 e. The Bertz CT molecular complexity index is 672. The summed E-state index contributed by atoms with van der Waals surface area (Å²) in [5.74, 6) is 0.316. The fourth-order valence-corrected chi connectivity index (χ4v) is 2.11. The molecule has 0 spiro atoms. The summed E-state index contributed by atoms with van der Waals surface area (Å²) in [6.07, 6.45) is 5.57. The number of rotatable bonds is 8. The molecule has 0 fully saturated rings. The van der Waals surface area contributed by atoms with E-state index in [1.165, 1.54) is 0 Å². The van der Waals surface area contributed by atoms with E-state index in [1.54, 1.807) is 23.1 Å². The first-order valence-corrected chi connectivity index (χ1v) is 8.07. The van der Waals surface area contributed by atoms with Crippen molar-refractivity contribution in [3.8, 4) is 0 Å². The van der Waals surface area contributed by atoms with Crippen molar-refractivity contribution in [1.29, 1.82) is 0 Å². The van der Waals surface area contributed by atoms with Crippen LogP contribution in [0.1, 0.15) is 25.3 Å². The number of hydrogen-bond acceptors (Lipinski definition) is 3. The second-order valence-electron chi connectivity index (χ2n) is 5.43. The van der Waals surface area contributed by atoms with Gasteiger partial charge in [0.15, 0.2) is 5.96 Å². The normalized spacial score (nSPS) is 10.8. The number of aliphatic imine (C=N–C) groups is 1. The first-order chi connectivity index (χ1) is 11.7. The molecule has 0 saturated heterocycles. The lowest BCUT2D eigenvalue weighted by Gasteiger charge is -2.08. The average Bonchev–Trinajstić information content (AvgIpc) is 3.06. The smallest absolute Gasteiger partial charge is 0.246 e. The molecule has 8 heteroatoms. The molecule has 0 aliphatic rings. The summed E-state index contributed by atoms with van der Waals surface area (Å²) in [7, 11) is 0. The number of aromatic nitrogens is 2. The molecule has 1 aromatic carbocycles. The number of carbonyl (C=O) groups is 1. The molecule has 2 aromatic rings. The van der Waals surface area contributed by atoms with Crippen LogP contribution >= 0.6 is 24.0 Å². The first kappa shape index (κ1) is 20.9. The van der Waals surface area contributed by atoms with Crippen LogP contribution < -0.4 is 16.4 Å². The Kier molecular flexibility index (Phi) is 9.60. The predicted octanol–water partition coefficient (Wildman–Crippen LogP) is 2.34. The summed E-state index contributed by atoms with van der Waals surface area (Å²) >= 11 is 0. The van der Waals surface area contributed by atoms with Crippen molar-refractivity contribution in [2.24, 2.45) is 10.7 Å². The topological polar surface area (TPSA) is 97.3 Å². The van der Waals surface area contributed by atoms with Crippen LogP contribution in [0.15, 0.2) is 47.7 Å². The molecule has 1 aromatic heterocycles. The van der Waals surface area contributed by atoms with Crippen molar-refractivity contribution in [3.63, 3.8) is 0 Å². The molecule has 0 aliphatic carbocycles. The van der Waals surface area contributed by atoms with Gasteiger partial charge in [0.25, 0.3) is 0 Å². The number of nitrogens with zero attached hydrogens (tertiary/aromatic N) is 3. The van der Waals surface area contributed by atoms with Gasteiger partial charge < -0.3 is 16.4 Å². The number of amides is 1. The highest BCUT2D eigenvalue weighted by Crippen LogP contribution is 2.11. The largest absolute Gasteiger partial charge is 0.370 e. The minimum atomic E-state index is -0.125. The Morgan fingerprint density at radius 3 is 2.92 bits per heavy atom. The van der Waals surface area contributed by atoms with E-state index in [9.17, 15) is 4.79 Å². The van der Waals surface area contributed by atoms with Gasteiger partial charge in [-0.1, -0.05) is 25.5 Å². The number of carbonyl (C=O) groups excluding carboxylic acids is 1. The van der Waals surface area contributed by atoms with E-state index in [2.05, 4.69) is 27.6 Å². The number of unbranched alkanes of at least 4 members (excludes halogenated alkanes) is 1. The number of nitrogens with two attached hydrogens (primary N) is 1. The highest BCUT2D eigenvalue weighted by molar-refractivity contribution is 14.0. The van der Waals surface area contributed by atoms with Gasteiger partial charge in [-0.05, 0) is 30.2 Å². The summed E-state index contributed by atoms with van der Waals surface area (Å²) in [5, 5.41) is 9.94. The monoisotopic (exact) mass is 456 g/mol. The van der Waals surface area contributed by atoms with Gasteiger partial charge >= 0.3 is 0 Å². The molecule has 4 N–H and O–H groups in total. The third-order valence-electron chi connectivity index (χ3n) is 3.34. The van der Waals surface area contributed by atoms with Crippen molar-refractivity contribution < 1.29 is 4.79 Å². The fourth-order valence-electron chi connectivity index (χ4n) is 2.11. The molecule has 0 unspecified atom stereocenters. The van der Waals surface area contributed by atoms with Crippen LogP contribution in [0.5, 0.6) is 0 Å². The predicted molar refractivity (Wildman–Crippen MR) is 111 cm³/mol. The number of anilines is 1. The zero-order valence-electron chi connectivity index (χ0n) is 14.3. The van der Waals surface area contributed by atoms with Crippen molar-refractivity contribution in [2.75, 3.05) is 11.9 Å². The molecule has 1 heterocycles. The van der Waals surface area contributed by atoms with Crippen LogP contribution in [-0.2, 0) is 17.9 Å². The molecule has 7 nitrogen and oxygen atoms in total. The standard InChI is InChI=1S/C17H24N6O.HI/c1-2-3-8-19-17(18)20-12-14-6-4-7-15(11-14)22-16(24)13-23-10-5-9-21-23;/h4-7,9-11H,2-3,8,12-13H2,1H3,(H,22,24)(H3,18,19,20);1H. The molecule has 0 atom stereocenters. The van der Waals surface area contributed by atoms with Gasteiger partial charge in [0.2, 0.25) is 5.91 Å². The third kappa shape index (κ3) is 8.01. The molecule has 0 radical (unpaired) electrons. The van der Waals surface area contributed by atoms with E-state index in [1.807, 2.05) is 24.3 Å². The average molecular weight is 456 g/mol. The van der Waals surface area contributed by atoms with Gasteiger partial charge in [-0.15, -0.1) is 24.0 Å². The van der Waals surface area contributed by atoms with Crippen LogP contribution in [-0.4, -0.2) is 28.2 Å². The van der Waals surface area contributed by atoms with Gasteiger partial charge in [-0.25, -0.2) is 4.99 Å². The van der Waals surface area contributed by atoms with Gasteiger partial charge in [-0.3, -0.25) is 9.48 Å². The maximum atomic E-state index is 12.0. The third-order valence-corrected chi connectivity index (χ3v) is 3.34. The van der Waals surface area contributed by atoms with Crippen molar-refractivity contribution in [1.82, 2.24) is 15.1 Å². The van der Waals surface area contributed by atoms with Crippen molar-refractivity contribution in [2.45, 2.75) is 32.9 Å². The Labute approximate surface area is 165 Å². The minimum absolute atomic E-state index is 0. The molecule has 136 valence electrons. The van der Waals surface area contributed by atoms with Gasteiger partial charge in [0.05, 0.1) is 6.54 Å². The van der Waals surface area contributed by atoms with Gasteiger partial charge in [0.1, 0.15) is 6.54 Å². The summed E-state index contributed by atoms with van der Waals surface area (Å²) in [6, 6.07) is 9.35. The zero-order valence-corrected chi connectivity index (χ0v) is 16.6. The molecule has 0 aliphatic heterocycles. The summed E-state index contributed by atoms with van der Waals surface area (Å²) < 4.78 is 1.58. The summed E-state index contributed by atoms with van der Waals surface area (Å²) in [4.78, 5) is 16.3. The number of nitrogens with one attached hydrogen (secondary N) is 2. The summed E-state index contributed by atoms with van der Waals surface area (Å²) in [5.41, 5.74) is 7.53. The van der Waals surface area contributed by atoms with Crippen molar-refractivity contribution >= 4 is 41.5 Å². The van der Waals surface area contributed by atoms with Crippen LogP contribution in [0.4, 0.5) is 5.69 Å². The van der Waals surface area contributed by atoms with Crippen molar-refractivity contribution in [3.05, 3.63) is 48.3 Å². The van der Waals surface area contributed by atoms with Crippen LogP contribution in [0, 0.1) is 0 Å². The lowest BCUT2D eigenvalue weighted by molar-refractivity contribution is -0.116. The Balaban J connectivity index is 0.00000312. The van der Waals surface area contributed by atoms with E-state index in [0.29, 0.717) is 12.5 Å². The van der Waals surface area contributed by atoms with E-state index in [-0.39, 0.29) is 36.4 Å². The summed E-state index contributed by atoms with van der Waals surface area (Å²) in [6.45, 7) is 3.61. The second-order valence-corrected chi connectivity index (χ2v) is 5.43. The molecule has 0 bridgehead atoms. The molecule has 2 rings (SSSR count). The number of guanidine groups is 1. The number of halogens is 1. The van der Waals surface area contributed by atoms with E-state index in [4.69, 9.17) is 5.73 Å². The number of hydrogen-bond donors (Lipinski definition) is 3. The first-order valence-electron chi connectivity index (χ1n) is 8.07. The maximum absolute atomic E-state index is 12.0. The Morgan fingerprint density at radius 2 is 2.20 bits per heavy atom. The highest BCUT2D eigenvalue weighted by atomic mass is 127. The van der Waals surface area contributed by atoms with E-state index >= 15 is 0 Å². The Morgan fingerprint density at radius 1 is 1.36 bits per heavy atom. The van der Waals surface area contributed by atoms with E-state index < -0.39 is 0 Å². The molecular formula is C17H25IN6O. The molecular weight excluding hydrogens is 431 g/mol. The van der Waals surface area contributed by atoms with Gasteiger partial charge in [-0.2, -0.15) is 5.10 Å². The van der Waals surface area contributed by atoms with Crippen LogP contribution in [0.2, 0.25) is 0 Å². The molecule has 25 heavy (non-hydrogen) atoms. The highest BCUT2D eigenvalue weighted by Gasteiger charge is 2.04. The fraction of sp³-hybridized carbons (Fsp3) is 0.353.